The molecule has 6 nitrogen and oxygen atoms in total. The number of urea groups is 1. The number of hydrazine groups is 1. The lowest BCUT2D eigenvalue weighted by atomic mass is 10.3. The van der Waals surface area contributed by atoms with Gasteiger partial charge in [0, 0.05) is 33.1 Å². The summed E-state index contributed by atoms with van der Waals surface area (Å²) in [6.07, 6.45) is 1.21. The van der Waals surface area contributed by atoms with Gasteiger partial charge in [-0.3, -0.25) is 10.2 Å². The van der Waals surface area contributed by atoms with Crippen molar-refractivity contribution in [2.24, 2.45) is 5.84 Å². The normalized spacial score (nSPS) is 17.1. The van der Waals surface area contributed by atoms with Gasteiger partial charge in [0.15, 0.2) is 0 Å². The van der Waals surface area contributed by atoms with Gasteiger partial charge >= 0.3 is 6.03 Å². The number of nitrogens with one attached hydrogen (secondary N) is 1. The van der Waals surface area contributed by atoms with E-state index in [1.807, 2.05) is 5.43 Å². The zero-order valence-corrected chi connectivity index (χ0v) is 8.32. The number of rotatable bonds is 3. The number of nitrogens with zero attached hydrogens (tertiary/aromatic N) is 2. The lowest BCUT2D eigenvalue weighted by Gasteiger charge is -2.33. The van der Waals surface area contributed by atoms with Crippen molar-refractivity contribution >= 4 is 11.9 Å². The van der Waals surface area contributed by atoms with Crippen LogP contribution in [0.3, 0.4) is 0 Å². The van der Waals surface area contributed by atoms with E-state index in [-0.39, 0.29) is 18.4 Å². The van der Waals surface area contributed by atoms with Crippen molar-refractivity contribution in [1.82, 2.24) is 15.2 Å². The summed E-state index contributed by atoms with van der Waals surface area (Å²) in [6, 6.07) is -0.0129. The van der Waals surface area contributed by atoms with E-state index in [1.165, 1.54) is 0 Å². The lowest BCUT2D eigenvalue weighted by Crippen LogP contribution is -2.48. The van der Waals surface area contributed by atoms with Gasteiger partial charge in [-0.15, -0.1) is 0 Å². The van der Waals surface area contributed by atoms with Gasteiger partial charge in [-0.25, -0.2) is 10.6 Å². The van der Waals surface area contributed by atoms with E-state index in [1.54, 1.807) is 16.8 Å². The van der Waals surface area contributed by atoms with Crippen LogP contribution in [0, 0.1) is 0 Å². The number of hydrogen-bond donors (Lipinski definition) is 2. The summed E-state index contributed by atoms with van der Waals surface area (Å²) >= 11 is 0. The molecule has 0 spiro atoms. The van der Waals surface area contributed by atoms with Crippen molar-refractivity contribution in [3.8, 4) is 0 Å². The number of carbonyl (C=O) groups is 2. The first-order chi connectivity index (χ1) is 6.65. The molecule has 0 aromatic carbocycles. The van der Waals surface area contributed by atoms with E-state index in [4.69, 9.17) is 5.84 Å². The van der Waals surface area contributed by atoms with Crippen molar-refractivity contribution in [2.75, 3.05) is 26.7 Å². The number of amides is 3. The first kappa shape index (κ1) is 10.8. The van der Waals surface area contributed by atoms with Crippen LogP contribution in [0.2, 0.25) is 0 Å². The Morgan fingerprint density at radius 3 is 2.93 bits per heavy atom. The van der Waals surface area contributed by atoms with Crippen LogP contribution in [0.25, 0.3) is 0 Å². The minimum atomic E-state index is -0.244. The smallest absolute Gasteiger partial charge is 0.319 e. The zero-order chi connectivity index (χ0) is 10.6. The lowest BCUT2D eigenvalue weighted by molar-refractivity contribution is -0.121. The van der Waals surface area contributed by atoms with Gasteiger partial charge in [-0.2, -0.15) is 0 Å². The fraction of sp³-hybridized carbons (Fsp3) is 0.750. The van der Waals surface area contributed by atoms with E-state index in [0.29, 0.717) is 6.54 Å². The van der Waals surface area contributed by atoms with E-state index in [9.17, 15) is 9.59 Å². The van der Waals surface area contributed by atoms with Crippen LogP contribution in [0.1, 0.15) is 12.8 Å². The average Bonchev–Trinajstić information content (AvgIpc) is 2.20. The highest BCUT2D eigenvalue weighted by atomic mass is 16.2. The summed E-state index contributed by atoms with van der Waals surface area (Å²) in [6.45, 7) is 1.95. The van der Waals surface area contributed by atoms with E-state index < -0.39 is 0 Å². The molecule has 1 aliphatic heterocycles. The van der Waals surface area contributed by atoms with Gasteiger partial charge < -0.3 is 9.80 Å². The van der Waals surface area contributed by atoms with E-state index in [0.717, 1.165) is 19.5 Å². The quantitative estimate of drug-likeness (QED) is 0.353. The molecule has 0 radical (unpaired) electrons. The van der Waals surface area contributed by atoms with Crippen molar-refractivity contribution < 1.29 is 9.59 Å². The van der Waals surface area contributed by atoms with Crippen molar-refractivity contribution in [3.63, 3.8) is 0 Å². The van der Waals surface area contributed by atoms with Gasteiger partial charge in [0.1, 0.15) is 0 Å². The molecule has 1 rings (SSSR count). The molecule has 0 aromatic heterocycles. The van der Waals surface area contributed by atoms with Gasteiger partial charge in [0.05, 0.1) is 0 Å². The van der Waals surface area contributed by atoms with Crippen LogP contribution in [0.5, 0.6) is 0 Å². The molecule has 0 atom stereocenters. The molecule has 0 saturated carbocycles. The summed E-state index contributed by atoms with van der Waals surface area (Å²) in [5.41, 5.74) is 2.04. The Labute approximate surface area is 83.0 Å². The summed E-state index contributed by atoms with van der Waals surface area (Å²) in [7, 11) is 1.76. The standard InChI is InChI=1S/C8H16N4O2/c1-11-4-2-5-12(8(11)14)6-3-7(13)10-9/h2-6,9H2,1H3,(H,10,13). The van der Waals surface area contributed by atoms with Crippen molar-refractivity contribution in [2.45, 2.75) is 12.8 Å². The summed E-state index contributed by atoms with van der Waals surface area (Å²) < 4.78 is 0. The topological polar surface area (TPSA) is 78.7 Å². The van der Waals surface area contributed by atoms with Gasteiger partial charge in [0.25, 0.3) is 0 Å². The molecule has 0 aliphatic carbocycles. The second-order valence-electron chi connectivity index (χ2n) is 3.36. The monoisotopic (exact) mass is 200 g/mol. The molecule has 6 heteroatoms. The molecule has 14 heavy (non-hydrogen) atoms. The van der Waals surface area contributed by atoms with Crippen molar-refractivity contribution in [1.29, 1.82) is 0 Å². The first-order valence-electron chi connectivity index (χ1n) is 4.64. The minimum Gasteiger partial charge on any atom is -0.328 e. The Morgan fingerprint density at radius 1 is 1.57 bits per heavy atom. The Kier molecular flexibility index (Phi) is 3.70. The fourth-order valence-corrected chi connectivity index (χ4v) is 1.45. The predicted octanol–water partition coefficient (Wildman–Crippen LogP) is -0.876. The molecule has 1 saturated heterocycles. The van der Waals surface area contributed by atoms with Crippen LogP contribution in [0.15, 0.2) is 0 Å². The third kappa shape index (κ3) is 2.59. The van der Waals surface area contributed by atoms with E-state index >= 15 is 0 Å². The molecule has 1 fully saturated rings. The molecule has 0 aromatic rings. The zero-order valence-electron chi connectivity index (χ0n) is 8.32. The van der Waals surface area contributed by atoms with Crippen LogP contribution in [-0.4, -0.2) is 48.4 Å². The molecule has 0 unspecified atom stereocenters. The Bertz CT molecular complexity index is 231. The molecule has 3 amide bonds. The van der Waals surface area contributed by atoms with Gasteiger partial charge in [-0.1, -0.05) is 0 Å². The molecular weight excluding hydrogens is 184 g/mol. The average molecular weight is 200 g/mol. The van der Waals surface area contributed by atoms with Gasteiger partial charge in [0.2, 0.25) is 5.91 Å². The maximum absolute atomic E-state index is 11.5. The van der Waals surface area contributed by atoms with Crippen LogP contribution < -0.4 is 11.3 Å². The first-order valence-corrected chi connectivity index (χ1v) is 4.64. The molecule has 3 N–H and O–H groups in total. The summed E-state index contributed by atoms with van der Waals surface area (Å²) in [5, 5.41) is 0. The van der Waals surface area contributed by atoms with E-state index in [2.05, 4.69) is 0 Å². The predicted molar refractivity (Wildman–Crippen MR) is 51.2 cm³/mol. The number of nitrogens with two attached hydrogens (primary N) is 1. The SMILES string of the molecule is CN1CCCN(CCC(=O)NN)C1=O. The Balaban J connectivity index is 2.36. The van der Waals surface area contributed by atoms with Crippen LogP contribution in [-0.2, 0) is 4.79 Å². The largest absolute Gasteiger partial charge is 0.328 e. The Morgan fingerprint density at radius 2 is 2.29 bits per heavy atom. The third-order valence-electron chi connectivity index (χ3n) is 2.29. The van der Waals surface area contributed by atoms with Crippen LogP contribution >= 0.6 is 0 Å². The number of carbonyl (C=O) groups excluding carboxylic acids is 2. The minimum absolute atomic E-state index is 0.0129. The third-order valence-corrected chi connectivity index (χ3v) is 2.29. The second kappa shape index (κ2) is 4.80. The summed E-state index contributed by atoms with van der Waals surface area (Å²) in [4.78, 5) is 25.7. The highest BCUT2D eigenvalue weighted by Gasteiger charge is 2.22. The highest BCUT2D eigenvalue weighted by Crippen LogP contribution is 2.06. The maximum atomic E-state index is 11.5. The molecule has 80 valence electrons. The molecule has 0 bridgehead atoms. The summed E-state index contributed by atoms with van der Waals surface area (Å²) in [5.74, 6) is 4.69. The highest BCUT2D eigenvalue weighted by molar-refractivity contribution is 5.78. The number of hydrogen-bond acceptors (Lipinski definition) is 3. The fourth-order valence-electron chi connectivity index (χ4n) is 1.45. The van der Waals surface area contributed by atoms with Crippen LogP contribution in [0.4, 0.5) is 4.79 Å². The molecular formula is C8H16N4O2. The van der Waals surface area contributed by atoms with Gasteiger partial charge in [-0.05, 0) is 6.42 Å². The molecule has 1 heterocycles. The van der Waals surface area contributed by atoms with Crippen molar-refractivity contribution in [3.05, 3.63) is 0 Å². The maximum Gasteiger partial charge on any atom is 0.319 e. The Hall–Kier alpha value is -1.30. The molecule has 1 aliphatic rings. The second-order valence-corrected chi connectivity index (χ2v) is 3.36.